The van der Waals surface area contributed by atoms with Crippen LogP contribution < -0.4 is 4.74 Å². The number of fused-ring (bicyclic) bond motifs is 1. The van der Waals surface area contributed by atoms with Gasteiger partial charge in [0.1, 0.15) is 25.1 Å². The number of carbonyl (C=O) groups is 1. The van der Waals surface area contributed by atoms with Gasteiger partial charge in [0.2, 0.25) is 0 Å². The number of hydrogen-bond acceptors (Lipinski definition) is 4. The first-order valence-electron chi connectivity index (χ1n) is 11.8. The summed E-state index contributed by atoms with van der Waals surface area (Å²) >= 11 is 0. The Balaban J connectivity index is 1.84. The largest absolute Gasteiger partial charge is 0.491 e. The molecule has 0 radical (unpaired) electrons. The summed E-state index contributed by atoms with van der Waals surface area (Å²) in [7, 11) is 0. The zero-order chi connectivity index (χ0) is 23.8. The lowest BCUT2D eigenvalue weighted by Gasteiger charge is -2.17. The van der Waals surface area contributed by atoms with Crippen molar-refractivity contribution < 1.29 is 19.4 Å². The Kier molecular flexibility index (Phi) is 8.72. The highest BCUT2D eigenvalue weighted by Crippen LogP contribution is 2.34. The molecular formula is C28H35NO4. The molecule has 1 heterocycles. The van der Waals surface area contributed by atoms with Gasteiger partial charge in [-0.2, -0.15) is 0 Å². The van der Waals surface area contributed by atoms with Gasteiger partial charge in [-0.05, 0) is 49.6 Å². The van der Waals surface area contributed by atoms with E-state index in [4.69, 9.17) is 9.47 Å². The predicted molar refractivity (Wildman–Crippen MR) is 134 cm³/mol. The predicted octanol–water partition coefficient (Wildman–Crippen LogP) is 5.92. The number of unbranched alkanes of at least 4 members (excludes halogenated alkanes) is 2. The molecule has 0 saturated heterocycles. The van der Waals surface area contributed by atoms with Gasteiger partial charge in [-0.15, -0.1) is 0 Å². The van der Waals surface area contributed by atoms with Gasteiger partial charge in [0.25, 0.3) is 0 Å². The number of carbonyl (C=O) groups excluding carboxylic acids is 1. The second-order valence-electron chi connectivity index (χ2n) is 8.46. The Bertz CT molecular complexity index is 1100. The number of benzene rings is 2. The summed E-state index contributed by atoms with van der Waals surface area (Å²) in [6, 6.07) is 16.8. The molecule has 0 aliphatic heterocycles. The van der Waals surface area contributed by atoms with E-state index in [1.807, 2.05) is 6.07 Å². The van der Waals surface area contributed by atoms with Gasteiger partial charge in [-0.1, -0.05) is 57.5 Å². The molecule has 1 unspecified atom stereocenters. The van der Waals surface area contributed by atoms with E-state index in [0.717, 1.165) is 24.9 Å². The minimum absolute atomic E-state index is 0.0356. The average Bonchev–Trinajstić information content (AvgIpc) is 3.19. The molecule has 1 atom stereocenters. The van der Waals surface area contributed by atoms with E-state index in [9.17, 15) is 9.90 Å². The SMILES string of the molecule is C=C(C)C(=O)OCC(O)COc1ccc(CC)c(-c2cc3ccccc3n2CCCCC)c1. The maximum Gasteiger partial charge on any atom is 0.333 e. The maximum atomic E-state index is 11.5. The van der Waals surface area contributed by atoms with Gasteiger partial charge < -0.3 is 19.1 Å². The van der Waals surface area contributed by atoms with E-state index in [0.29, 0.717) is 11.3 Å². The normalized spacial score (nSPS) is 12.0. The third-order valence-electron chi connectivity index (χ3n) is 5.73. The minimum Gasteiger partial charge on any atom is -0.491 e. The zero-order valence-electron chi connectivity index (χ0n) is 20.0. The molecule has 0 aliphatic rings. The quantitative estimate of drug-likeness (QED) is 0.212. The number of hydrogen-bond donors (Lipinski definition) is 1. The number of aryl methyl sites for hydroxylation is 2. The summed E-state index contributed by atoms with van der Waals surface area (Å²) in [5.74, 6) is 0.164. The van der Waals surface area contributed by atoms with E-state index >= 15 is 0 Å². The van der Waals surface area contributed by atoms with Crippen molar-refractivity contribution in [3.8, 4) is 17.0 Å². The van der Waals surface area contributed by atoms with Crippen molar-refractivity contribution >= 4 is 16.9 Å². The van der Waals surface area contributed by atoms with Crippen LogP contribution >= 0.6 is 0 Å². The van der Waals surface area contributed by atoms with E-state index in [2.05, 4.69) is 67.5 Å². The van der Waals surface area contributed by atoms with Crippen molar-refractivity contribution in [1.29, 1.82) is 0 Å². The van der Waals surface area contributed by atoms with E-state index in [-0.39, 0.29) is 13.2 Å². The highest BCUT2D eigenvalue weighted by Gasteiger charge is 2.15. The molecule has 0 amide bonds. The molecule has 33 heavy (non-hydrogen) atoms. The van der Waals surface area contributed by atoms with Crippen LogP contribution in [-0.4, -0.2) is 35.0 Å². The van der Waals surface area contributed by atoms with Crippen LogP contribution in [0.5, 0.6) is 5.75 Å². The zero-order valence-corrected chi connectivity index (χ0v) is 20.0. The van der Waals surface area contributed by atoms with Crippen LogP contribution in [0.4, 0.5) is 0 Å². The first-order valence-corrected chi connectivity index (χ1v) is 11.8. The molecule has 5 nitrogen and oxygen atoms in total. The van der Waals surface area contributed by atoms with Crippen LogP contribution in [-0.2, 0) is 22.5 Å². The fraction of sp³-hybridized carbons (Fsp3) is 0.393. The number of aliphatic hydroxyl groups is 1. The fourth-order valence-corrected chi connectivity index (χ4v) is 3.92. The number of aliphatic hydroxyl groups excluding tert-OH is 1. The lowest BCUT2D eigenvalue weighted by Crippen LogP contribution is -2.25. The van der Waals surface area contributed by atoms with Gasteiger partial charge in [0.05, 0.1) is 0 Å². The summed E-state index contributed by atoms with van der Waals surface area (Å²) in [5.41, 5.74) is 5.12. The molecule has 3 rings (SSSR count). The van der Waals surface area contributed by atoms with Crippen LogP contribution in [0.15, 0.2) is 60.7 Å². The molecule has 176 valence electrons. The molecule has 2 aromatic carbocycles. The second kappa shape index (κ2) is 11.7. The smallest absolute Gasteiger partial charge is 0.333 e. The molecule has 0 saturated carbocycles. The van der Waals surface area contributed by atoms with E-state index in [1.165, 1.54) is 35.0 Å². The van der Waals surface area contributed by atoms with Crippen LogP contribution in [0.2, 0.25) is 0 Å². The first kappa shape index (κ1) is 24.6. The highest BCUT2D eigenvalue weighted by atomic mass is 16.5. The fourth-order valence-electron chi connectivity index (χ4n) is 3.92. The second-order valence-corrected chi connectivity index (χ2v) is 8.46. The van der Waals surface area contributed by atoms with Crippen molar-refractivity contribution in [2.24, 2.45) is 0 Å². The number of esters is 1. The Hall–Kier alpha value is -3.05. The average molecular weight is 450 g/mol. The van der Waals surface area contributed by atoms with Crippen LogP contribution in [0.1, 0.15) is 45.6 Å². The summed E-state index contributed by atoms with van der Waals surface area (Å²) in [6.45, 7) is 10.4. The van der Waals surface area contributed by atoms with Crippen molar-refractivity contribution in [2.75, 3.05) is 13.2 Å². The molecule has 5 heteroatoms. The Morgan fingerprint density at radius 3 is 2.61 bits per heavy atom. The summed E-state index contributed by atoms with van der Waals surface area (Å²) < 4.78 is 13.3. The van der Waals surface area contributed by atoms with Gasteiger partial charge in [-0.3, -0.25) is 0 Å². The highest BCUT2D eigenvalue weighted by molar-refractivity contribution is 5.88. The summed E-state index contributed by atoms with van der Waals surface area (Å²) in [5, 5.41) is 11.4. The van der Waals surface area contributed by atoms with Crippen molar-refractivity contribution in [3.63, 3.8) is 0 Å². The van der Waals surface area contributed by atoms with E-state index in [1.54, 1.807) is 6.92 Å². The van der Waals surface area contributed by atoms with Crippen LogP contribution in [0.3, 0.4) is 0 Å². The van der Waals surface area contributed by atoms with E-state index < -0.39 is 12.1 Å². The number of nitrogens with zero attached hydrogens (tertiary/aromatic N) is 1. The molecule has 1 aromatic heterocycles. The lowest BCUT2D eigenvalue weighted by atomic mass is 10.0. The third-order valence-corrected chi connectivity index (χ3v) is 5.73. The summed E-state index contributed by atoms with van der Waals surface area (Å²) in [6.07, 6.45) is 3.51. The number of ether oxygens (including phenoxy) is 2. The van der Waals surface area contributed by atoms with Crippen LogP contribution in [0.25, 0.3) is 22.2 Å². The molecule has 0 spiro atoms. The third kappa shape index (κ3) is 6.26. The molecule has 0 fully saturated rings. The number of rotatable bonds is 12. The Morgan fingerprint density at radius 1 is 1.09 bits per heavy atom. The summed E-state index contributed by atoms with van der Waals surface area (Å²) in [4.78, 5) is 11.5. The Labute approximate surface area is 196 Å². The van der Waals surface area contributed by atoms with Crippen molar-refractivity contribution in [1.82, 2.24) is 4.57 Å². The van der Waals surface area contributed by atoms with Gasteiger partial charge in [0.15, 0.2) is 0 Å². The maximum absolute atomic E-state index is 11.5. The van der Waals surface area contributed by atoms with Gasteiger partial charge in [0, 0.05) is 34.3 Å². The molecule has 1 N–H and O–H groups in total. The van der Waals surface area contributed by atoms with Crippen molar-refractivity contribution in [2.45, 2.75) is 59.1 Å². The first-order chi connectivity index (χ1) is 15.9. The van der Waals surface area contributed by atoms with Crippen molar-refractivity contribution in [3.05, 3.63) is 66.2 Å². The van der Waals surface area contributed by atoms with Crippen LogP contribution in [0, 0.1) is 0 Å². The minimum atomic E-state index is -0.914. The molecular weight excluding hydrogens is 414 g/mol. The standard InChI is InChI=1S/C28H35NO4/c1-5-7-10-15-29-26-12-9-8-11-22(26)16-27(29)25-17-24(14-13-21(25)6-2)32-18-23(30)19-33-28(31)20(3)4/h8-9,11-14,16-17,23,30H,3,5-7,10,15,18-19H2,1-2,4H3. The lowest BCUT2D eigenvalue weighted by molar-refractivity contribution is -0.142. The molecule has 0 aliphatic carbocycles. The molecule has 0 bridgehead atoms. The van der Waals surface area contributed by atoms with Gasteiger partial charge >= 0.3 is 5.97 Å². The number of para-hydroxylation sites is 1. The number of aromatic nitrogens is 1. The Morgan fingerprint density at radius 2 is 1.88 bits per heavy atom. The topological polar surface area (TPSA) is 60.7 Å². The monoisotopic (exact) mass is 449 g/mol. The molecule has 3 aromatic rings. The van der Waals surface area contributed by atoms with Gasteiger partial charge in [-0.25, -0.2) is 4.79 Å².